The quantitative estimate of drug-likeness (QED) is 0.716. The summed E-state index contributed by atoms with van der Waals surface area (Å²) < 4.78 is 1.83. The molecular formula is C23H32N6O. The molecule has 2 N–H and O–H groups in total. The average Bonchev–Trinajstić information content (AvgIpc) is 2.98. The monoisotopic (exact) mass is 408 g/mol. The van der Waals surface area contributed by atoms with Gasteiger partial charge in [0.15, 0.2) is 5.82 Å². The predicted molar refractivity (Wildman–Crippen MR) is 115 cm³/mol. The first kappa shape index (κ1) is 19.5. The van der Waals surface area contributed by atoms with Crippen LogP contribution >= 0.6 is 0 Å². The Bertz CT molecular complexity index is 912. The van der Waals surface area contributed by atoms with E-state index in [-0.39, 0.29) is 11.3 Å². The summed E-state index contributed by atoms with van der Waals surface area (Å²) >= 11 is 0. The van der Waals surface area contributed by atoms with E-state index >= 15 is 0 Å². The summed E-state index contributed by atoms with van der Waals surface area (Å²) in [5.74, 6) is 4.08. The highest BCUT2D eigenvalue weighted by Gasteiger charge is 2.54. The zero-order valence-electron chi connectivity index (χ0n) is 18.2. The van der Waals surface area contributed by atoms with Gasteiger partial charge < -0.3 is 10.6 Å². The lowest BCUT2D eigenvalue weighted by molar-refractivity contribution is -0.146. The molecule has 1 amide bonds. The lowest BCUT2D eigenvalue weighted by atomic mass is 9.49. The standard InChI is InChI=1S/C23H32N6O/c1-14-15(2)28-29(16(14)3)21-5-4-20(26-27-21)24-6-7-25-22(30)23-11-17-8-18(12-23)10-19(9-17)13-23/h4-5,17-19H,6-13H2,1-3H3,(H,24,26)(H,25,30). The predicted octanol–water partition coefficient (Wildman–Crippen LogP) is 3.33. The normalized spacial score (nSPS) is 29.2. The van der Waals surface area contributed by atoms with E-state index in [1.165, 1.54) is 24.8 Å². The largest absolute Gasteiger partial charge is 0.367 e. The number of nitrogens with zero attached hydrogens (tertiary/aromatic N) is 4. The Morgan fingerprint density at radius 2 is 1.70 bits per heavy atom. The lowest BCUT2D eigenvalue weighted by Gasteiger charge is -2.55. The first-order chi connectivity index (χ1) is 14.4. The smallest absolute Gasteiger partial charge is 0.226 e. The molecule has 4 fully saturated rings. The Morgan fingerprint density at radius 1 is 1.03 bits per heavy atom. The maximum Gasteiger partial charge on any atom is 0.226 e. The fourth-order valence-electron chi connectivity index (χ4n) is 6.42. The van der Waals surface area contributed by atoms with Crippen molar-refractivity contribution in [3.63, 3.8) is 0 Å². The van der Waals surface area contributed by atoms with Crippen molar-refractivity contribution in [2.45, 2.75) is 59.3 Å². The molecule has 0 atom stereocenters. The number of rotatable bonds is 6. The van der Waals surface area contributed by atoms with Gasteiger partial charge in [-0.2, -0.15) is 5.10 Å². The molecule has 0 spiro atoms. The van der Waals surface area contributed by atoms with Crippen LogP contribution in [0, 0.1) is 43.9 Å². The van der Waals surface area contributed by atoms with E-state index in [4.69, 9.17) is 0 Å². The van der Waals surface area contributed by atoms with Crippen molar-refractivity contribution in [2.24, 2.45) is 23.2 Å². The van der Waals surface area contributed by atoms with Crippen LogP contribution < -0.4 is 10.6 Å². The van der Waals surface area contributed by atoms with Gasteiger partial charge in [0.05, 0.1) is 5.69 Å². The number of hydrogen-bond donors (Lipinski definition) is 2. The van der Waals surface area contributed by atoms with Crippen molar-refractivity contribution in [1.29, 1.82) is 0 Å². The third kappa shape index (κ3) is 3.38. The van der Waals surface area contributed by atoms with Crippen LogP contribution in [0.5, 0.6) is 0 Å². The van der Waals surface area contributed by atoms with E-state index in [9.17, 15) is 4.79 Å². The summed E-state index contributed by atoms with van der Waals surface area (Å²) in [5, 5.41) is 19.6. The third-order valence-corrected chi connectivity index (χ3v) is 7.76. The van der Waals surface area contributed by atoms with Gasteiger partial charge in [0.1, 0.15) is 5.82 Å². The summed E-state index contributed by atoms with van der Waals surface area (Å²) in [6.45, 7) is 7.36. The molecule has 4 saturated carbocycles. The molecule has 4 bridgehead atoms. The van der Waals surface area contributed by atoms with Crippen molar-refractivity contribution >= 4 is 11.7 Å². The van der Waals surface area contributed by atoms with Gasteiger partial charge in [-0.25, -0.2) is 4.68 Å². The van der Waals surface area contributed by atoms with Crippen LogP contribution in [-0.2, 0) is 4.79 Å². The molecule has 0 unspecified atom stereocenters. The zero-order chi connectivity index (χ0) is 20.9. The zero-order valence-corrected chi connectivity index (χ0v) is 18.2. The molecule has 7 heteroatoms. The lowest BCUT2D eigenvalue weighted by Crippen LogP contribution is -2.54. The highest BCUT2D eigenvalue weighted by Crippen LogP contribution is 2.60. The van der Waals surface area contributed by atoms with Crippen LogP contribution in [0.1, 0.15) is 55.5 Å². The molecule has 30 heavy (non-hydrogen) atoms. The second kappa shape index (κ2) is 7.36. The van der Waals surface area contributed by atoms with Gasteiger partial charge in [-0.3, -0.25) is 4.79 Å². The Balaban J connectivity index is 1.13. The summed E-state index contributed by atoms with van der Waals surface area (Å²) in [7, 11) is 0. The minimum atomic E-state index is -0.0753. The van der Waals surface area contributed by atoms with E-state index in [0.717, 1.165) is 48.4 Å². The van der Waals surface area contributed by atoms with Crippen molar-refractivity contribution in [3.8, 4) is 5.82 Å². The molecule has 2 aromatic heterocycles. The number of carbonyl (C=O) groups excluding carboxylic acids is 1. The topological polar surface area (TPSA) is 84.7 Å². The highest BCUT2D eigenvalue weighted by molar-refractivity contribution is 5.83. The van der Waals surface area contributed by atoms with E-state index in [2.05, 4.69) is 32.9 Å². The van der Waals surface area contributed by atoms with Crippen LogP contribution in [0.25, 0.3) is 5.82 Å². The van der Waals surface area contributed by atoms with Gasteiger partial charge in [0, 0.05) is 24.2 Å². The third-order valence-electron chi connectivity index (χ3n) is 7.76. The van der Waals surface area contributed by atoms with E-state index in [1.807, 2.05) is 30.7 Å². The summed E-state index contributed by atoms with van der Waals surface area (Å²) in [5.41, 5.74) is 3.18. The van der Waals surface area contributed by atoms with Crippen molar-refractivity contribution < 1.29 is 4.79 Å². The fraction of sp³-hybridized carbons (Fsp3) is 0.652. The molecule has 0 saturated heterocycles. The molecule has 6 rings (SSSR count). The van der Waals surface area contributed by atoms with Gasteiger partial charge in [0.25, 0.3) is 0 Å². The maximum atomic E-state index is 13.0. The fourth-order valence-corrected chi connectivity index (χ4v) is 6.42. The van der Waals surface area contributed by atoms with Gasteiger partial charge in [-0.15, -0.1) is 10.2 Å². The van der Waals surface area contributed by atoms with E-state index in [0.29, 0.717) is 24.7 Å². The number of carbonyl (C=O) groups is 1. The Hall–Kier alpha value is -2.44. The number of aryl methyl sites for hydroxylation is 1. The molecule has 160 valence electrons. The van der Waals surface area contributed by atoms with Crippen molar-refractivity contribution in [1.82, 2.24) is 25.3 Å². The van der Waals surface area contributed by atoms with Crippen molar-refractivity contribution in [3.05, 3.63) is 29.1 Å². The van der Waals surface area contributed by atoms with Gasteiger partial charge in [-0.1, -0.05) is 0 Å². The summed E-state index contributed by atoms with van der Waals surface area (Å²) in [6, 6.07) is 3.83. The SMILES string of the molecule is Cc1nn(-c2ccc(NCCNC(=O)C34CC5CC(CC(C5)C3)C4)nn2)c(C)c1C. The van der Waals surface area contributed by atoms with Crippen LogP contribution in [0.2, 0.25) is 0 Å². The van der Waals surface area contributed by atoms with Crippen LogP contribution in [-0.4, -0.2) is 39.0 Å². The molecule has 2 heterocycles. The molecule has 0 aromatic carbocycles. The van der Waals surface area contributed by atoms with E-state index in [1.54, 1.807) is 0 Å². The first-order valence-electron chi connectivity index (χ1n) is 11.3. The number of anilines is 1. The van der Waals surface area contributed by atoms with Gasteiger partial charge in [-0.05, 0) is 94.7 Å². The second-order valence-electron chi connectivity index (χ2n) is 9.86. The molecular weight excluding hydrogens is 376 g/mol. The summed E-state index contributed by atoms with van der Waals surface area (Å²) in [4.78, 5) is 13.0. The Kier molecular flexibility index (Phi) is 4.79. The van der Waals surface area contributed by atoms with Gasteiger partial charge in [0.2, 0.25) is 5.91 Å². The van der Waals surface area contributed by atoms with Crippen LogP contribution in [0.4, 0.5) is 5.82 Å². The number of hydrogen-bond acceptors (Lipinski definition) is 5. The second-order valence-corrected chi connectivity index (χ2v) is 9.86. The van der Waals surface area contributed by atoms with Gasteiger partial charge >= 0.3 is 0 Å². The minimum absolute atomic E-state index is 0.0753. The highest BCUT2D eigenvalue weighted by atomic mass is 16.2. The van der Waals surface area contributed by atoms with Crippen LogP contribution in [0.3, 0.4) is 0 Å². The van der Waals surface area contributed by atoms with Crippen LogP contribution in [0.15, 0.2) is 12.1 Å². The van der Waals surface area contributed by atoms with Crippen molar-refractivity contribution in [2.75, 3.05) is 18.4 Å². The molecule has 2 aromatic rings. The molecule has 4 aliphatic carbocycles. The molecule has 7 nitrogen and oxygen atoms in total. The maximum absolute atomic E-state index is 13.0. The molecule has 4 aliphatic rings. The molecule has 0 radical (unpaired) electrons. The number of nitrogens with one attached hydrogen (secondary N) is 2. The molecule has 0 aliphatic heterocycles. The average molecular weight is 409 g/mol. The first-order valence-corrected chi connectivity index (χ1v) is 11.3. The number of aromatic nitrogens is 4. The van der Waals surface area contributed by atoms with E-state index < -0.39 is 0 Å². The number of amides is 1. The Morgan fingerprint density at radius 3 is 2.23 bits per heavy atom. The summed E-state index contributed by atoms with van der Waals surface area (Å²) in [6.07, 6.45) is 7.41. The Labute approximate surface area is 178 Å². The minimum Gasteiger partial charge on any atom is -0.367 e.